The lowest BCUT2D eigenvalue weighted by atomic mass is 10.1. The van der Waals surface area contributed by atoms with Crippen LogP contribution in [0.3, 0.4) is 0 Å². The second kappa shape index (κ2) is 6.95. The Bertz CT molecular complexity index is 870. The van der Waals surface area contributed by atoms with Crippen LogP contribution in [0.4, 0.5) is 0 Å². The molecule has 4 nitrogen and oxygen atoms in total. The molecule has 2 aromatic heterocycles. The lowest BCUT2D eigenvalue weighted by Crippen LogP contribution is -2.11. The number of imidazole rings is 1. The third-order valence-corrected chi connectivity index (χ3v) is 4.91. The zero-order valence-electron chi connectivity index (χ0n) is 13.1. The summed E-state index contributed by atoms with van der Waals surface area (Å²) in [5, 5.41) is 0.994. The Morgan fingerprint density at radius 1 is 1.04 bits per heavy atom. The molecule has 0 aliphatic rings. The molecule has 2 aromatic carbocycles. The lowest BCUT2D eigenvalue weighted by molar-refractivity contribution is 0.0738. The van der Waals surface area contributed by atoms with E-state index in [2.05, 4.69) is 23.2 Å². The van der Waals surface area contributed by atoms with Crippen LogP contribution < -0.4 is 0 Å². The van der Waals surface area contributed by atoms with Crippen molar-refractivity contribution in [2.45, 2.75) is 12.6 Å². The van der Waals surface area contributed by atoms with Gasteiger partial charge in [0.15, 0.2) is 0 Å². The van der Waals surface area contributed by atoms with Crippen LogP contribution in [-0.4, -0.2) is 21.1 Å². The Morgan fingerprint density at radius 2 is 1.88 bits per heavy atom. The average Bonchev–Trinajstić information content (AvgIpc) is 3.28. The highest BCUT2D eigenvalue weighted by Crippen LogP contribution is 2.32. The van der Waals surface area contributed by atoms with Gasteiger partial charge in [0.25, 0.3) is 0 Å². The highest BCUT2D eigenvalue weighted by Gasteiger charge is 2.19. The van der Waals surface area contributed by atoms with E-state index in [0.29, 0.717) is 6.61 Å². The number of rotatable bonds is 6. The van der Waals surface area contributed by atoms with Crippen LogP contribution in [0.2, 0.25) is 0 Å². The van der Waals surface area contributed by atoms with Crippen LogP contribution in [0, 0.1) is 0 Å². The quantitative estimate of drug-likeness (QED) is 0.527. The molecule has 1 unspecified atom stereocenters. The number of benzene rings is 2. The molecular weight excluding hydrogens is 318 g/mol. The largest absolute Gasteiger partial charge is 0.364 e. The monoisotopic (exact) mass is 335 g/mol. The fraction of sp³-hybridized carbons (Fsp3) is 0.158. The zero-order chi connectivity index (χ0) is 16.2. The van der Waals surface area contributed by atoms with Crippen LogP contribution in [0.25, 0.3) is 10.2 Å². The van der Waals surface area contributed by atoms with Crippen LogP contribution in [-0.2, 0) is 11.3 Å². The van der Waals surface area contributed by atoms with Crippen LogP contribution in [0.5, 0.6) is 0 Å². The molecule has 120 valence electrons. The van der Waals surface area contributed by atoms with Crippen molar-refractivity contribution in [2.75, 3.05) is 6.61 Å². The van der Waals surface area contributed by atoms with E-state index in [1.807, 2.05) is 47.2 Å². The number of hydrogen-bond acceptors (Lipinski definition) is 4. The molecule has 1 atom stereocenters. The van der Waals surface area contributed by atoms with Gasteiger partial charge in [-0.15, -0.1) is 11.3 Å². The molecule has 0 aliphatic carbocycles. The maximum atomic E-state index is 6.22. The van der Waals surface area contributed by atoms with E-state index in [1.165, 1.54) is 4.70 Å². The van der Waals surface area contributed by atoms with E-state index >= 15 is 0 Å². The van der Waals surface area contributed by atoms with E-state index in [1.54, 1.807) is 23.9 Å². The van der Waals surface area contributed by atoms with E-state index in [0.717, 1.165) is 22.6 Å². The first kappa shape index (κ1) is 15.1. The van der Waals surface area contributed by atoms with Gasteiger partial charge in [-0.3, -0.25) is 0 Å². The molecule has 0 saturated carbocycles. The van der Waals surface area contributed by atoms with Crippen molar-refractivity contribution in [1.82, 2.24) is 14.5 Å². The molecule has 0 saturated heterocycles. The van der Waals surface area contributed by atoms with Gasteiger partial charge < -0.3 is 9.30 Å². The molecule has 0 fully saturated rings. The topological polar surface area (TPSA) is 39.9 Å². The summed E-state index contributed by atoms with van der Waals surface area (Å²) in [5.74, 6) is 0. The smallest absolute Gasteiger partial charge is 0.134 e. The Kier molecular flexibility index (Phi) is 4.36. The van der Waals surface area contributed by atoms with Gasteiger partial charge in [0.2, 0.25) is 0 Å². The summed E-state index contributed by atoms with van der Waals surface area (Å²) >= 11 is 1.69. The third-order valence-electron chi connectivity index (χ3n) is 3.83. The maximum Gasteiger partial charge on any atom is 0.134 e. The van der Waals surface area contributed by atoms with E-state index in [4.69, 9.17) is 9.72 Å². The molecule has 0 spiro atoms. The molecule has 0 radical (unpaired) electrons. The second-order valence-electron chi connectivity index (χ2n) is 5.48. The Labute approximate surface area is 144 Å². The number of thiazole rings is 1. The molecule has 5 heteroatoms. The highest BCUT2D eigenvalue weighted by molar-refractivity contribution is 7.18. The summed E-state index contributed by atoms with van der Waals surface area (Å²) in [6.45, 7) is 1.38. The normalized spacial score (nSPS) is 12.5. The molecule has 4 aromatic rings. The maximum absolute atomic E-state index is 6.22. The minimum Gasteiger partial charge on any atom is -0.364 e. The molecule has 4 rings (SSSR count). The molecule has 0 amide bonds. The predicted molar refractivity (Wildman–Crippen MR) is 96.1 cm³/mol. The van der Waals surface area contributed by atoms with E-state index < -0.39 is 0 Å². The Balaban J connectivity index is 1.60. The number of para-hydroxylation sites is 1. The highest BCUT2D eigenvalue weighted by atomic mass is 32.1. The predicted octanol–water partition coefficient (Wildman–Crippen LogP) is 4.30. The minimum atomic E-state index is -0.146. The molecule has 0 N–H and O–H groups in total. The van der Waals surface area contributed by atoms with Crippen LogP contribution in [0.1, 0.15) is 16.7 Å². The van der Waals surface area contributed by atoms with E-state index in [9.17, 15) is 0 Å². The number of aromatic nitrogens is 3. The van der Waals surface area contributed by atoms with Crippen molar-refractivity contribution in [3.05, 3.63) is 83.9 Å². The summed E-state index contributed by atoms with van der Waals surface area (Å²) < 4.78 is 9.42. The summed E-state index contributed by atoms with van der Waals surface area (Å²) in [5.41, 5.74) is 2.15. The minimum absolute atomic E-state index is 0.146. The number of fused-ring (bicyclic) bond motifs is 1. The van der Waals surface area contributed by atoms with Crippen molar-refractivity contribution >= 4 is 21.6 Å². The van der Waals surface area contributed by atoms with Crippen molar-refractivity contribution in [3.63, 3.8) is 0 Å². The summed E-state index contributed by atoms with van der Waals surface area (Å²) in [4.78, 5) is 8.84. The van der Waals surface area contributed by atoms with Gasteiger partial charge in [-0.1, -0.05) is 42.5 Å². The first-order chi connectivity index (χ1) is 11.9. The summed E-state index contributed by atoms with van der Waals surface area (Å²) in [6, 6.07) is 18.5. The fourth-order valence-corrected chi connectivity index (χ4v) is 3.68. The third kappa shape index (κ3) is 3.22. The number of ether oxygens (including phenoxy) is 1. The van der Waals surface area contributed by atoms with Crippen LogP contribution >= 0.6 is 11.3 Å². The van der Waals surface area contributed by atoms with Gasteiger partial charge >= 0.3 is 0 Å². The van der Waals surface area contributed by atoms with Gasteiger partial charge in [-0.05, 0) is 17.7 Å². The Morgan fingerprint density at radius 3 is 2.67 bits per heavy atom. The zero-order valence-corrected chi connectivity index (χ0v) is 13.9. The molecule has 0 bridgehead atoms. The number of hydrogen-bond donors (Lipinski definition) is 0. The van der Waals surface area contributed by atoms with Crippen molar-refractivity contribution in [2.24, 2.45) is 0 Å². The molecule has 24 heavy (non-hydrogen) atoms. The van der Waals surface area contributed by atoms with Crippen LogP contribution in [0.15, 0.2) is 73.3 Å². The standard InChI is InChI=1S/C19H17N3OS/c1-2-6-15(7-3-1)18(23-13-12-22-11-10-20-14-22)19-21-16-8-4-5-9-17(16)24-19/h1-11,14,18H,12-13H2. The summed E-state index contributed by atoms with van der Waals surface area (Å²) in [6.07, 6.45) is 5.38. The van der Waals surface area contributed by atoms with Gasteiger partial charge in [0, 0.05) is 18.9 Å². The first-order valence-corrected chi connectivity index (χ1v) is 8.69. The first-order valence-electron chi connectivity index (χ1n) is 7.88. The number of nitrogens with zero attached hydrogens (tertiary/aromatic N) is 3. The van der Waals surface area contributed by atoms with Gasteiger partial charge in [0.05, 0.1) is 23.2 Å². The summed E-state index contributed by atoms with van der Waals surface area (Å²) in [7, 11) is 0. The van der Waals surface area contributed by atoms with Gasteiger partial charge in [0.1, 0.15) is 11.1 Å². The SMILES string of the molecule is c1ccc(C(OCCn2ccnc2)c2nc3ccccc3s2)cc1. The fourth-order valence-electron chi connectivity index (χ4n) is 2.64. The van der Waals surface area contributed by atoms with Crippen molar-refractivity contribution in [1.29, 1.82) is 0 Å². The van der Waals surface area contributed by atoms with Gasteiger partial charge in [-0.25, -0.2) is 9.97 Å². The van der Waals surface area contributed by atoms with Gasteiger partial charge in [-0.2, -0.15) is 0 Å². The van der Waals surface area contributed by atoms with E-state index in [-0.39, 0.29) is 6.10 Å². The lowest BCUT2D eigenvalue weighted by Gasteiger charge is -2.16. The Hall–Kier alpha value is -2.50. The van der Waals surface area contributed by atoms with Crippen molar-refractivity contribution in [3.8, 4) is 0 Å². The molecule has 0 aliphatic heterocycles. The molecule has 2 heterocycles. The average molecular weight is 335 g/mol. The second-order valence-corrected chi connectivity index (χ2v) is 6.54. The van der Waals surface area contributed by atoms with Crippen molar-refractivity contribution < 1.29 is 4.74 Å². The molecular formula is C19H17N3OS.